The Labute approximate surface area is 104 Å². The predicted octanol–water partition coefficient (Wildman–Crippen LogP) is 1.88. The summed E-state index contributed by atoms with van der Waals surface area (Å²) in [5.74, 6) is -1.26. The van der Waals surface area contributed by atoms with Gasteiger partial charge in [-0.1, -0.05) is 0 Å². The number of aliphatic carboxylic acids is 1. The van der Waals surface area contributed by atoms with E-state index < -0.39 is 11.4 Å². The fraction of sp³-hybridized carbons (Fsp3) is 0.500. The molecule has 1 saturated carbocycles. The van der Waals surface area contributed by atoms with Gasteiger partial charge in [-0.05, 0) is 31.9 Å². The van der Waals surface area contributed by atoms with Gasteiger partial charge in [-0.3, -0.25) is 9.59 Å². The highest BCUT2D eigenvalue weighted by Gasteiger charge is 2.58. The number of nitrogens with zero attached hydrogens (tertiary/aromatic N) is 1. The molecule has 92 valence electrons. The van der Waals surface area contributed by atoms with E-state index in [2.05, 4.69) is 0 Å². The molecule has 1 aliphatic rings. The summed E-state index contributed by atoms with van der Waals surface area (Å²) in [7, 11) is 1.67. The monoisotopic (exact) mass is 253 g/mol. The van der Waals surface area contributed by atoms with E-state index in [1.807, 2.05) is 19.1 Å². The Kier molecular flexibility index (Phi) is 2.95. The third-order valence-corrected chi connectivity index (χ3v) is 4.09. The molecule has 4 nitrogen and oxygen atoms in total. The molecule has 5 heteroatoms. The van der Waals surface area contributed by atoms with Gasteiger partial charge < -0.3 is 10.0 Å². The largest absolute Gasteiger partial charge is 0.480 e. The second-order valence-electron chi connectivity index (χ2n) is 4.56. The molecule has 0 atom stereocenters. The summed E-state index contributed by atoms with van der Waals surface area (Å²) in [6.07, 6.45) is 0.934. The minimum Gasteiger partial charge on any atom is -0.480 e. The Balaban J connectivity index is 2.03. The van der Waals surface area contributed by atoms with Gasteiger partial charge in [0.1, 0.15) is 5.41 Å². The van der Waals surface area contributed by atoms with Crippen LogP contribution in [0, 0.1) is 12.3 Å². The maximum Gasteiger partial charge on any atom is 0.319 e. The molecule has 1 amide bonds. The van der Waals surface area contributed by atoms with E-state index in [1.54, 1.807) is 18.4 Å². The van der Waals surface area contributed by atoms with Crippen molar-refractivity contribution in [3.05, 3.63) is 21.9 Å². The van der Waals surface area contributed by atoms with E-state index in [1.165, 1.54) is 9.78 Å². The molecule has 1 aromatic heterocycles. The molecule has 0 aliphatic heterocycles. The molecule has 0 unspecified atom stereocenters. The van der Waals surface area contributed by atoms with Crippen molar-refractivity contribution in [2.24, 2.45) is 5.41 Å². The van der Waals surface area contributed by atoms with Gasteiger partial charge in [-0.15, -0.1) is 11.3 Å². The summed E-state index contributed by atoms with van der Waals surface area (Å²) in [4.78, 5) is 26.9. The van der Waals surface area contributed by atoms with Crippen LogP contribution in [0.3, 0.4) is 0 Å². The third-order valence-electron chi connectivity index (χ3n) is 3.10. The van der Waals surface area contributed by atoms with Crippen molar-refractivity contribution in [3.8, 4) is 0 Å². The van der Waals surface area contributed by atoms with Crippen molar-refractivity contribution in [1.82, 2.24) is 4.90 Å². The number of thiophene rings is 1. The van der Waals surface area contributed by atoms with Gasteiger partial charge in [0.15, 0.2) is 0 Å². The molecule has 0 radical (unpaired) electrons. The lowest BCUT2D eigenvalue weighted by molar-refractivity contribution is -0.153. The van der Waals surface area contributed by atoms with E-state index in [4.69, 9.17) is 5.11 Å². The summed E-state index contributed by atoms with van der Waals surface area (Å²) in [6, 6.07) is 3.98. The van der Waals surface area contributed by atoms with E-state index in [9.17, 15) is 9.59 Å². The first-order valence-electron chi connectivity index (χ1n) is 5.50. The molecule has 0 aromatic carbocycles. The van der Waals surface area contributed by atoms with Crippen molar-refractivity contribution in [3.63, 3.8) is 0 Å². The maximum absolute atomic E-state index is 12.0. The molecule has 1 aromatic rings. The quantitative estimate of drug-likeness (QED) is 0.833. The highest BCUT2D eigenvalue weighted by Crippen LogP contribution is 2.47. The second kappa shape index (κ2) is 4.14. The Bertz CT molecular complexity index is 462. The fourth-order valence-electron chi connectivity index (χ4n) is 1.89. The van der Waals surface area contributed by atoms with Crippen molar-refractivity contribution >= 4 is 23.2 Å². The van der Waals surface area contributed by atoms with Crippen LogP contribution in [0.4, 0.5) is 0 Å². The third kappa shape index (κ3) is 2.20. The minimum absolute atomic E-state index is 0.268. The Hall–Kier alpha value is -1.36. The maximum atomic E-state index is 12.0. The van der Waals surface area contributed by atoms with Crippen molar-refractivity contribution in [2.75, 3.05) is 7.05 Å². The first-order valence-corrected chi connectivity index (χ1v) is 6.31. The molecule has 1 aliphatic carbocycles. The zero-order valence-electron chi connectivity index (χ0n) is 9.90. The molecule has 1 fully saturated rings. The van der Waals surface area contributed by atoms with Gasteiger partial charge in [0.25, 0.3) is 0 Å². The number of rotatable bonds is 4. The smallest absolute Gasteiger partial charge is 0.319 e. The summed E-state index contributed by atoms with van der Waals surface area (Å²) in [6.45, 7) is 2.50. The number of carbonyl (C=O) groups excluding carboxylic acids is 1. The van der Waals surface area contributed by atoms with Crippen molar-refractivity contribution in [1.29, 1.82) is 0 Å². The van der Waals surface area contributed by atoms with Gasteiger partial charge in [0.05, 0.1) is 6.54 Å². The molecule has 0 spiro atoms. The number of amides is 1. The molecule has 17 heavy (non-hydrogen) atoms. The van der Waals surface area contributed by atoms with Crippen molar-refractivity contribution in [2.45, 2.75) is 26.3 Å². The summed E-state index contributed by atoms with van der Waals surface area (Å²) in [5.41, 5.74) is -1.12. The first-order chi connectivity index (χ1) is 7.95. The zero-order chi connectivity index (χ0) is 12.6. The van der Waals surface area contributed by atoms with Crippen LogP contribution in [0.25, 0.3) is 0 Å². The molecule has 1 N–H and O–H groups in total. The topological polar surface area (TPSA) is 57.6 Å². The van der Waals surface area contributed by atoms with Crippen molar-refractivity contribution < 1.29 is 14.7 Å². The Morgan fingerprint density at radius 2 is 2.12 bits per heavy atom. The number of carboxylic acid groups (broad SMARTS) is 1. The minimum atomic E-state index is -1.12. The first kappa shape index (κ1) is 12.1. The number of hydrogen-bond donors (Lipinski definition) is 1. The standard InChI is InChI=1S/C12H15NO3S/c1-8-3-4-9(17-8)7-13(2)10(14)12(5-6-12)11(15)16/h3-4H,5-7H2,1-2H3,(H,15,16). The molecular weight excluding hydrogens is 238 g/mol. The molecule has 1 heterocycles. The molecule has 0 saturated heterocycles. The lowest BCUT2D eigenvalue weighted by atomic mass is 10.1. The highest BCUT2D eigenvalue weighted by molar-refractivity contribution is 7.11. The summed E-state index contributed by atoms with van der Waals surface area (Å²) < 4.78 is 0. The van der Waals surface area contributed by atoms with Crippen LogP contribution in [0.1, 0.15) is 22.6 Å². The van der Waals surface area contributed by atoms with Crippen LogP contribution < -0.4 is 0 Å². The lowest BCUT2D eigenvalue weighted by Gasteiger charge is -2.20. The van der Waals surface area contributed by atoms with E-state index in [-0.39, 0.29) is 5.91 Å². The van der Waals surface area contributed by atoms with E-state index in [0.29, 0.717) is 19.4 Å². The summed E-state index contributed by atoms with van der Waals surface area (Å²) >= 11 is 1.63. The number of carboxylic acids is 1. The highest BCUT2D eigenvalue weighted by atomic mass is 32.1. The van der Waals surface area contributed by atoms with Crippen LogP contribution in [0.5, 0.6) is 0 Å². The van der Waals surface area contributed by atoms with Crippen LogP contribution in [-0.2, 0) is 16.1 Å². The number of hydrogen-bond acceptors (Lipinski definition) is 3. The van der Waals surface area contributed by atoms with Gasteiger partial charge >= 0.3 is 5.97 Å². The van der Waals surface area contributed by atoms with Crippen LogP contribution >= 0.6 is 11.3 Å². The Morgan fingerprint density at radius 1 is 1.47 bits per heavy atom. The molecule has 2 rings (SSSR count). The molecule has 0 bridgehead atoms. The predicted molar refractivity (Wildman–Crippen MR) is 64.8 cm³/mol. The Morgan fingerprint density at radius 3 is 2.53 bits per heavy atom. The van der Waals surface area contributed by atoms with Gasteiger partial charge in [0, 0.05) is 16.8 Å². The van der Waals surface area contributed by atoms with Crippen LogP contribution in [0.15, 0.2) is 12.1 Å². The second-order valence-corrected chi connectivity index (χ2v) is 5.93. The van der Waals surface area contributed by atoms with Crippen LogP contribution in [0.2, 0.25) is 0 Å². The fourth-order valence-corrected chi connectivity index (χ4v) is 2.83. The van der Waals surface area contributed by atoms with Gasteiger partial charge in [0.2, 0.25) is 5.91 Å². The molecular formula is C12H15NO3S. The van der Waals surface area contributed by atoms with Crippen LogP contribution in [-0.4, -0.2) is 28.9 Å². The van der Waals surface area contributed by atoms with E-state index >= 15 is 0 Å². The summed E-state index contributed by atoms with van der Waals surface area (Å²) in [5, 5.41) is 9.05. The van der Waals surface area contributed by atoms with Gasteiger partial charge in [-0.25, -0.2) is 0 Å². The SMILES string of the molecule is Cc1ccc(CN(C)C(=O)C2(C(=O)O)CC2)s1. The lowest BCUT2D eigenvalue weighted by Crippen LogP contribution is -2.37. The number of aryl methyl sites for hydroxylation is 1. The average molecular weight is 253 g/mol. The average Bonchev–Trinajstić information content (AvgIpc) is 2.98. The van der Waals surface area contributed by atoms with Gasteiger partial charge in [-0.2, -0.15) is 0 Å². The number of carbonyl (C=O) groups is 2. The normalized spacial score (nSPS) is 16.6. The zero-order valence-corrected chi connectivity index (χ0v) is 10.7. The van der Waals surface area contributed by atoms with E-state index in [0.717, 1.165) is 4.88 Å².